The molecule has 0 spiro atoms. The number of amides is 2. The standard InChI is InChI=1S/C29H32N2O5Si/c1-29(2,23(21-15-9-5-10-16-21)22-17-11-6-12-18-22)37-31-25(27(33)35-3)24(26(31)32)30-28(34)36-19-20-13-7-4-8-14-20/h4-18,23-25H,19,37H2,1-3H3,(H,30,34). The molecule has 1 fully saturated rings. The van der Waals surface area contributed by atoms with Gasteiger partial charge in [-0.05, 0) is 21.7 Å². The molecule has 1 aliphatic rings. The minimum absolute atomic E-state index is 0.0236. The predicted octanol–water partition coefficient (Wildman–Crippen LogP) is 3.78. The van der Waals surface area contributed by atoms with Gasteiger partial charge in [-0.1, -0.05) is 105 Å². The van der Waals surface area contributed by atoms with Gasteiger partial charge in [-0.25, -0.2) is 9.59 Å². The number of rotatable bonds is 9. The molecule has 192 valence electrons. The maximum atomic E-state index is 13.3. The van der Waals surface area contributed by atoms with Gasteiger partial charge in [-0.3, -0.25) is 4.79 Å². The lowest BCUT2D eigenvalue weighted by atomic mass is 9.82. The van der Waals surface area contributed by atoms with Crippen LogP contribution in [0, 0.1) is 0 Å². The molecule has 4 rings (SSSR count). The smallest absolute Gasteiger partial charge is 0.408 e. The lowest BCUT2D eigenvalue weighted by molar-refractivity contribution is -0.161. The molecular weight excluding hydrogens is 484 g/mol. The van der Waals surface area contributed by atoms with Crippen LogP contribution in [-0.4, -0.2) is 51.4 Å². The van der Waals surface area contributed by atoms with Crippen LogP contribution in [0.5, 0.6) is 0 Å². The summed E-state index contributed by atoms with van der Waals surface area (Å²) in [5.41, 5.74) is 3.12. The Hall–Kier alpha value is -3.91. The molecule has 2 unspecified atom stereocenters. The van der Waals surface area contributed by atoms with Gasteiger partial charge in [0.15, 0.2) is 6.04 Å². The SMILES string of the molecule is COC(=O)C1C(NC(=O)OCc2ccccc2)C(=O)N1[SiH2]C(C)(C)C(c1ccccc1)c1ccccc1. The summed E-state index contributed by atoms with van der Waals surface area (Å²) >= 11 is 0. The van der Waals surface area contributed by atoms with Crippen LogP contribution in [0.1, 0.15) is 36.5 Å². The summed E-state index contributed by atoms with van der Waals surface area (Å²) in [6.07, 6.45) is -0.747. The van der Waals surface area contributed by atoms with Crippen molar-refractivity contribution in [3.8, 4) is 0 Å². The fourth-order valence-electron chi connectivity index (χ4n) is 5.06. The highest BCUT2D eigenvalue weighted by molar-refractivity contribution is 6.44. The second-order valence-electron chi connectivity index (χ2n) is 9.86. The van der Waals surface area contributed by atoms with Crippen LogP contribution in [-0.2, 0) is 25.7 Å². The molecule has 2 atom stereocenters. The molecule has 1 aliphatic heterocycles. The highest BCUT2D eigenvalue weighted by Gasteiger charge is 2.55. The molecule has 0 bridgehead atoms. The first-order chi connectivity index (χ1) is 17.8. The number of methoxy groups -OCH3 is 1. The predicted molar refractivity (Wildman–Crippen MR) is 144 cm³/mol. The number of carbonyl (C=O) groups is 3. The molecule has 0 aromatic heterocycles. The molecule has 3 aromatic rings. The molecule has 3 aromatic carbocycles. The largest absolute Gasteiger partial charge is 0.467 e. The Kier molecular flexibility index (Phi) is 8.08. The zero-order valence-electron chi connectivity index (χ0n) is 21.3. The first-order valence-corrected chi connectivity index (χ1v) is 13.6. The van der Waals surface area contributed by atoms with Crippen molar-refractivity contribution < 1.29 is 23.9 Å². The first kappa shape index (κ1) is 26.2. The van der Waals surface area contributed by atoms with Crippen molar-refractivity contribution in [1.82, 2.24) is 9.88 Å². The molecule has 37 heavy (non-hydrogen) atoms. The van der Waals surface area contributed by atoms with E-state index in [-0.39, 0.29) is 23.5 Å². The Morgan fingerprint density at radius 1 is 0.919 bits per heavy atom. The molecule has 7 nitrogen and oxygen atoms in total. The van der Waals surface area contributed by atoms with E-state index < -0.39 is 33.8 Å². The molecular formula is C29H32N2O5Si. The Labute approximate surface area is 219 Å². The van der Waals surface area contributed by atoms with Crippen molar-refractivity contribution >= 4 is 27.7 Å². The molecule has 1 saturated heterocycles. The van der Waals surface area contributed by atoms with Gasteiger partial charge >= 0.3 is 12.1 Å². The van der Waals surface area contributed by atoms with E-state index in [9.17, 15) is 14.4 Å². The second kappa shape index (κ2) is 11.4. The van der Waals surface area contributed by atoms with E-state index in [1.807, 2.05) is 66.7 Å². The van der Waals surface area contributed by atoms with Crippen LogP contribution in [0.2, 0.25) is 5.04 Å². The van der Waals surface area contributed by atoms with E-state index in [1.54, 1.807) is 4.57 Å². The molecule has 2 amide bonds. The van der Waals surface area contributed by atoms with Crippen molar-refractivity contribution in [2.24, 2.45) is 0 Å². The van der Waals surface area contributed by atoms with Crippen LogP contribution < -0.4 is 5.32 Å². The Bertz CT molecular complexity index is 1180. The van der Waals surface area contributed by atoms with Crippen LogP contribution in [0.3, 0.4) is 0 Å². The second-order valence-corrected chi connectivity index (χ2v) is 12.7. The molecule has 0 saturated carbocycles. The van der Waals surface area contributed by atoms with Gasteiger partial charge in [0, 0.05) is 5.92 Å². The summed E-state index contributed by atoms with van der Waals surface area (Å²) in [5, 5.41) is 2.26. The zero-order chi connectivity index (χ0) is 26.4. The third-order valence-corrected chi connectivity index (χ3v) is 9.02. The normalized spacial score (nSPS) is 17.5. The van der Waals surface area contributed by atoms with Crippen LogP contribution in [0.4, 0.5) is 4.79 Å². The summed E-state index contributed by atoms with van der Waals surface area (Å²) in [6.45, 7) is 4.35. The summed E-state index contributed by atoms with van der Waals surface area (Å²) in [7, 11) is -0.0706. The molecule has 8 heteroatoms. The molecule has 0 radical (unpaired) electrons. The maximum absolute atomic E-state index is 13.3. The number of esters is 1. The van der Waals surface area contributed by atoms with Crippen molar-refractivity contribution in [3.63, 3.8) is 0 Å². The maximum Gasteiger partial charge on any atom is 0.408 e. The van der Waals surface area contributed by atoms with E-state index in [2.05, 4.69) is 43.4 Å². The van der Waals surface area contributed by atoms with Crippen molar-refractivity contribution in [3.05, 3.63) is 108 Å². The summed E-state index contributed by atoms with van der Waals surface area (Å²) in [6, 6.07) is 27.7. The number of hydrogen-bond donors (Lipinski definition) is 1. The lowest BCUT2D eigenvalue weighted by Crippen LogP contribution is -2.75. The number of ether oxygens (including phenoxy) is 2. The van der Waals surface area contributed by atoms with E-state index in [4.69, 9.17) is 9.47 Å². The van der Waals surface area contributed by atoms with Gasteiger partial charge in [0.2, 0.25) is 5.91 Å². The number of hydrogen-bond acceptors (Lipinski definition) is 5. The minimum atomic E-state index is -1.36. The van der Waals surface area contributed by atoms with Gasteiger partial charge in [-0.15, -0.1) is 0 Å². The van der Waals surface area contributed by atoms with Gasteiger partial charge in [0.05, 0.1) is 7.11 Å². The lowest BCUT2D eigenvalue weighted by Gasteiger charge is -2.49. The summed E-state index contributed by atoms with van der Waals surface area (Å²) < 4.78 is 11.9. The number of nitrogens with one attached hydrogen (secondary N) is 1. The third kappa shape index (κ3) is 5.91. The van der Waals surface area contributed by atoms with Crippen molar-refractivity contribution in [2.45, 2.75) is 43.5 Å². The number of carbonyl (C=O) groups excluding carboxylic acids is 3. The topological polar surface area (TPSA) is 84.9 Å². The van der Waals surface area contributed by atoms with Gasteiger partial charge in [0.25, 0.3) is 0 Å². The van der Waals surface area contributed by atoms with Crippen LogP contribution in [0.15, 0.2) is 91.0 Å². The number of β-lactam (4-membered cyclic amide) rings is 1. The van der Waals surface area contributed by atoms with Gasteiger partial charge in [-0.2, -0.15) is 0 Å². The van der Waals surface area contributed by atoms with Crippen molar-refractivity contribution in [1.29, 1.82) is 0 Å². The number of nitrogens with zero attached hydrogens (tertiary/aromatic N) is 1. The highest BCUT2D eigenvalue weighted by Crippen LogP contribution is 2.47. The van der Waals surface area contributed by atoms with E-state index >= 15 is 0 Å². The quantitative estimate of drug-likeness (QED) is 0.266. The van der Waals surface area contributed by atoms with E-state index in [0.717, 1.165) is 16.7 Å². The van der Waals surface area contributed by atoms with E-state index in [1.165, 1.54) is 7.11 Å². The van der Waals surface area contributed by atoms with Crippen molar-refractivity contribution in [2.75, 3.05) is 7.11 Å². The number of benzene rings is 3. The summed E-state index contributed by atoms with van der Waals surface area (Å²) in [4.78, 5) is 38.4. The average molecular weight is 517 g/mol. The van der Waals surface area contributed by atoms with Crippen LogP contribution >= 0.6 is 0 Å². The molecule has 1 N–H and O–H groups in total. The molecule has 0 aliphatic carbocycles. The first-order valence-electron chi connectivity index (χ1n) is 12.3. The van der Waals surface area contributed by atoms with E-state index in [0.29, 0.717) is 0 Å². The number of alkyl carbamates (subject to hydrolysis) is 1. The Morgan fingerprint density at radius 3 is 1.95 bits per heavy atom. The third-order valence-electron chi connectivity index (χ3n) is 6.75. The molecule has 1 heterocycles. The fraction of sp³-hybridized carbons (Fsp3) is 0.276. The van der Waals surface area contributed by atoms with Crippen LogP contribution in [0.25, 0.3) is 0 Å². The highest BCUT2D eigenvalue weighted by atomic mass is 28.2. The Balaban J connectivity index is 1.51. The minimum Gasteiger partial charge on any atom is -0.467 e. The van der Waals surface area contributed by atoms with Gasteiger partial charge in [0.1, 0.15) is 22.3 Å². The summed E-state index contributed by atoms with van der Waals surface area (Å²) in [5.74, 6) is -0.811. The van der Waals surface area contributed by atoms with Gasteiger partial charge < -0.3 is 19.4 Å². The zero-order valence-corrected chi connectivity index (χ0v) is 22.7. The average Bonchev–Trinajstić information content (AvgIpc) is 2.92. The fourth-order valence-corrected chi connectivity index (χ4v) is 7.50. The Morgan fingerprint density at radius 2 is 1.43 bits per heavy atom. The monoisotopic (exact) mass is 516 g/mol.